The van der Waals surface area contributed by atoms with Gasteiger partial charge in [0.15, 0.2) is 5.58 Å². The first-order valence-electron chi connectivity index (χ1n) is 8.12. The number of aromatic nitrogens is 2. The zero-order valence-corrected chi connectivity index (χ0v) is 15.0. The van der Waals surface area contributed by atoms with E-state index < -0.39 is 10.0 Å². The molecule has 4 aromatic rings. The summed E-state index contributed by atoms with van der Waals surface area (Å²) in [7, 11) is -3.75. The van der Waals surface area contributed by atoms with Gasteiger partial charge in [-0.3, -0.25) is 0 Å². The molecule has 0 fully saturated rings. The standard InChI is InChI=1S/C19H16N4O3S/c20-18-15(19-23-16-6-1-2-7-17(16)26-19)10-13(11-22-18)8-12-4-3-5-14(9-12)27(21,24)25/h1-7,9-11H,8H2,(H2,20,22)(H2,21,24,25). The fourth-order valence-corrected chi connectivity index (χ4v) is 3.43. The Kier molecular flexibility index (Phi) is 4.14. The van der Waals surface area contributed by atoms with Crippen LogP contribution in [0.2, 0.25) is 0 Å². The summed E-state index contributed by atoms with van der Waals surface area (Å²) in [5.74, 6) is 0.699. The molecule has 0 aliphatic heterocycles. The van der Waals surface area contributed by atoms with Crippen LogP contribution in [0.5, 0.6) is 0 Å². The topological polar surface area (TPSA) is 125 Å². The molecule has 136 valence electrons. The third-order valence-electron chi connectivity index (χ3n) is 4.13. The number of para-hydroxylation sites is 2. The van der Waals surface area contributed by atoms with E-state index in [0.29, 0.717) is 29.3 Å². The highest BCUT2D eigenvalue weighted by Gasteiger charge is 2.14. The molecule has 0 amide bonds. The van der Waals surface area contributed by atoms with Crippen LogP contribution in [0.4, 0.5) is 5.82 Å². The number of anilines is 1. The lowest BCUT2D eigenvalue weighted by atomic mass is 10.0. The zero-order chi connectivity index (χ0) is 19.0. The van der Waals surface area contributed by atoms with Gasteiger partial charge in [-0.2, -0.15) is 0 Å². The SMILES string of the molecule is Nc1ncc(Cc2cccc(S(N)(=O)=O)c2)cc1-c1nc2ccccc2o1. The molecular weight excluding hydrogens is 364 g/mol. The van der Waals surface area contributed by atoms with Gasteiger partial charge in [0.05, 0.1) is 10.5 Å². The molecule has 4 N–H and O–H groups in total. The van der Waals surface area contributed by atoms with Crippen LogP contribution >= 0.6 is 0 Å². The average molecular weight is 380 g/mol. The van der Waals surface area contributed by atoms with Crippen LogP contribution in [0.15, 0.2) is 70.1 Å². The summed E-state index contributed by atoms with van der Waals surface area (Å²) in [6.07, 6.45) is 2.11. The van der Waals surface area contributed by atoms with Gasteiger partial charge < -0.3 is 10.2 Å². The van der Waals surface area contributed by atoms with Gasteiger partial charge in [0.2, 0.25) is 15.9 Å². The summed E-state index contributed by atoms with van der Waals surface area (Å²) in [4.78, 5) is 8.76. The molecular formula is C19H16N4O3S. The van der Waals surface area contributed by atoms with Gasteiger partial charge in [-0.1, -0.05) is 24.3 Å². The highest BCUT2D eigenvalue weighted by Crippen LogP contribution is 2.28. The van der Waals surface area contributed by atoms with Gasteiger partial charge in [-0.25, -0.2) is 23.5 Å². The van der Waals surface area contributed by atoms with Crippen molar-refractivity contribution in [2.24, 2.45) is 5.14 Å². The van der Waals surface area contributed by atoms with E-state index >= 15 is 0 Å². The number of fused-ring (bicyclic) bond motifs is 1. The number of nitrogen functional groups attached to an aromatic ring is 1. The Bertz CT molecular complexity index is 1220. The molecule has 0 saturated heterocycles. The third-order valence-corrected chi connectivity index (χ3v) is 5.05. The molecule has 0 radical (unpaired) electrons. The lowest BCUT2D eigenvalue weighted by molar-refractivity contribution is 0.597. The van der Waals surface area contributed by atoms with Crippen LogP contribution in [0.3, 0.4) is 0 Å². The minimum Gasteiger partial charge on any atom is -0.436 e. The van der Waals surface area contributed by atoms with Crippen molar-refractivity contribution in [2.75, 3.05) is 5.73 Å². The van der Waals surface area contributed by atoms with Crippen molar-refractivity contribution in [3.63, 3.8) is 0 Å². The quantitative estimate of drug-likeness (QED) is 0.561. The van der Waals surface area contributed by atoms with E-state index in [9.17, 15) is 8.42 Å². The van der Waals surface area contributed by atoms with Gasteiger partial charge in [0.1, 0.15) is 11.3 Å². The second-order valence-electron chi connectivity index (χ2n) is 6.13. The van der Waals surface area contributed by atoms with Crippen molar-refractivity contribution in [1.29, 1.82) is 0 Å². The molecule has 0 aliphatic carbocycles. The molecule has 0 saturated carbocycles. The van der Waals surface area contributed by atoms with E-state index in [1.807, 2.05) is 36.4 Å². The van der Waals surface area contributed by atoms with Crippen molar-refractivity contribution >= 4 is 26.9 Å². The number of pyridine rings is 1. The summed E-state index contributed by atoms with van der Waals surface area (Å²) in [6.45, 7) is 0. The summed E-state index contributed by atoms with van der Waals surface area (Å²) < 4.78 is 28.8. The number of hydrogen-bond acceptors (Lipinski definition) is 6. The molecule has 2 aromatic heterocycles. The van der Waals surface area contributed by atoms with E-state index in [-0.39, 0.29) is 4.90 Å². The maximum atomic E-state index is 11.5. The molecule has 2 aromatic carbocycles. The zero-order valence-electron chi connectivity index (χ0n) is 14.2. The first-order chi connectivity index (χ1) is 12.9. The number of rotatable bonds is 4. The van der Waals surface area contributed by atoms with E-state index in [1.165, 1.54) is 6.07 Å². The molecule has 7 nitrogen and oxygen atoms in total. The van der Waals surface area contributed by atoms with Gasteiger partial charge >= 0.3 is 0 Å². The van der Waals surface area contributed by atoms with Crippen LogP contribution in [0.1, 0.15) is 11.1 Å². The van der Waals surface area contributed by atoms with E-state index in [2.05, 4.69) is 9.97 Å². The number of oxazole rings is 1. The van der Waals surface area contributed by atoms with Gasteiger partial charge in [-0.05, 0) is 47.9 Å². The maximum Gasteiger partial charge on any atom is 0.238 e. The van der Waals surface area contributed by atoms with Gasteiger partial charge in [0, 0.05) is 6.20 Å². The number of nitrogens with two attached hydrogens (primary N) is 2. The summed E-state index contributed by atoms with van der Waals surface area (Å²) >= 11 is 0. The van der Waals surface area contributed by atoms with Crippen molar-refractivity contribution in [3.8, 4) is 11.5 Å². The second kappa shape index (κ2) is 6.49. The van der Waals surface area contributed by atoms with Gasteiger partial charge in [-0.15, -0.1) is 0 Å². The van der Waals surface area contributed by atoms with Crippen molar-refractivity contribution < 1.29 is 12.8 Å². The Hall–Kier alpha value is -3.23. The van der Waals surface area contributed by atoms with Gasteiger partial charge in [0.25, 0.3) is 0 Å². The summed E-state index contributed by atoms with van der Waals surface area (Å²) in [6, 6.07) is 15.8. The fraction of sp³-hybridized carbons (Fsp3) is 0.0526. The predicted molar refractivity (Wildman–Crippen MR) is 102 cm³/mol. The Morgan fingerprint density at radius 2 is 1.81 bits per heavy atom. The molecule has 0 aliphatic rings. The maximum absolute atomic E-state index is 11.5. The van der Waals surface area contributed by atoms with Crippen LogP contribution < -0.4 is 10.9 Å². The Labute approximate surface area is 155 Å². The molecule has 2 heterocycles. The van der Waals surface area contributed by atoms with E-state index in [4.69, 9.17) is 15.3 Å². The Morgan fingerprint density at radius 1 is 1.00 bits per heavy atom. The van der Waals surface area contributed by atoms with Crippen molar-refractivity contribution in [2.45, 2.75) is 11.3 Å². The number of nitrogens with zero attached hydrogens (tertiary/aromatic N) is 2. The first-order valence-corrected chi connectivity index (χ1v) is 9.67. The van der Waals surface area contributed by atoms with Crippen molar-refractivity contribution in [1.82, 2.24) is 9.97 Å². The molecule has 0 unspecified atom stereocenters. The number of benzene rings is 2. The lowest BCUT2D eigenvalue weighted by Gasteiger charge is -2.07. The molecule has 0 atom stereocenters. The third kappa shape index (κ3) is 3.53. The van der Waals surface area contributed by atoms with E-state index in [0.717, 1.165) is 16.6 Å². The molecule has 4 rings (SSSR count). The van der Waals surface area contributed by atoms with Crippen molar-refractivity contribution in [3.05, 3.63) is 71.9 Å². The smallest absolute Gasteiger partial charge is 0.238 e. The number of primary sulfonamides is 1. The summed E-state index contributed by atoms with van der Waals surface area (Å²) in [5, 5.41) is 5.20. The van der Waals surface area contributed by atoms with Crippen LogP contribution in [-0.2, 0) is 16.4 Å². The Balaban J connectivity index is 1.71. The van der Waals surface area contributed by atoms with E-state index in [1.54, 1.807) is 18.3 Å². The first kappa shape index (κ1) is 17.2. The fourth-order valence-electron chi connectivity index (χ4n) is 2.84. The molecule has 27 heavy (non-hydrogen) atoms. The van der Waals surface area contributed by atoms with Crippen LogP contribution in [-0.4, -0.2) is 18.4 Å². The number of hydrogen-bond donors (Lipinski definition) is 2. The summed E-state index contributed by atoms with van der Waals surface area (Å²) in [5.41, 5.74) is 9.63. The lowest BCUT2D eigenvalue weighted by Crippen LogP contribution is -2.12. The molecule has 0 spiro atoms. The minimum atomic E-state index is -3.75. The highest BCUT2D eigenvalue weighted by atomic mass is 32.2. The predicted octanol–water partition coefficient (Wildman–Crippen LogP) is 2.71. The van der Waals surface area contributed by atoms with Crippen LogP contribution in [0, 0.1) is 0 Å². The normalized spacial score (nSPS) is 11.7. The number of sulfonamides is 1. The average Bonchev–Trinajstić information content (AvgIpc) is 3.07. The highest BCUT2D eigenvalue weighted by molar-refractivity contribution is 7.89. The minimum absolute atomic E-state index is 0.0718. The van der Waals surface area contributed by atoms with Crippen LogP contribution in [0.25, 0.3) is 22.6 Å². The molecule has 8 heteroatoms. The largest absolute Gasteiger partial charge is 0.436 e. The molecule has 0 bridgehead atoms. The monoisotopic (exact) mass is 380 g/mol. The Morgan fingerprint density at radius 3 is 2.59 bits per heavy atom. The second-order valence-corrected chi connectivity index (χ2v) is 7.69.